The van der Waals surface area contributed by atoms with Gasteiger partial charge >= 0.3 is 5.97 Å². The van der Waals surface area contributed by atoms with Crippen LogP contribution in [0.25, 0.3) is 0 Å². The highest BCUT2D eigenvalue weighted by Crippen LogP contribution is 2.28. The molecule has 0 spiro atoms. The van der Waals surface area contributed by atoms with Crippen LogP contribution in [-0.2, 0) is 11.3 Å². The van der Waals surface area contributed by atoms with E-state index in [2.05, 4.69) is 10.6 Å². The van der Waals surface area contributed by atoms with E-state index in [-0.39, 0.29) is 0 Å². The molecule has 8 heteroatoms. The summed E-state index contributed by atoms with van der Waals surface area (Å²) < 4.78 is 15.8. The minimum Gasteiger partial charge on any atom is -0.493 e. The maximum atomic E-state index is 11.8. The first-order valence-electron chi connectivity index (χ1n) is 8.79. The van der Waals surface area contributed by atoms with E-state index in [0.717, 1.165) is 5.56 Å². The average molecular weight is 423 g/mol. The molecule has 6 nitrogen and oxygen atoms in total. The summed E-state index contributed by atoms with van der Waals surface area (Å²) in [6, 6.07) is 10.6. The average Bonchev–Trinajstić information content (AvgIpc) is 2.67. The molecule has 0 aliphatic heterocycles. The lowest BCUT2D eigenvalue weighted by Gasteiger charge is -2.14. The summed E-state index contributed by atoms with van der Waals surface area (Å²) >= 11 is 11.5. The highest BCUT2D eigenvalue weighted by molar-refractivity contribution is 7.80. The number of ether oxygens (including phenoxy) is 3. The topological polar surface area (TPSA) is 68.8 Å². The third-order valence-corrected chi connectivity index (χ3v) is 4.26. The molecule has 0 aliphatic rings. The zero-order valence-corrected chi connectivity index (χ0v) is 17.6. The molecular formula is C20H23ClN2O4S. The quantitative estimate of drug-likeness (QED) is 0.482. The van der Waals surface area contributed by atoms with Crippen LogP contribution in [0.5, 0.6) is 11.5 Å². The summed E-state index contributed by atoms with van der Waals surface area (Å²) in [4.78, 5) is 11.8. The minimum absolute atomic E-state index is 0.291. The van der Waals surface area contributed by atoms with Crippen LogP contribution < -0.4 is 20.1 Å². The Morgan fingerprint density at radius 1 is 1.11 bits per heavy atom. The molecule has 0 amide bonds. The lowest BCUT2D eigenvalue weighted by Crippen LogP contribution is -2.27. The fourth-order valence-corrected chi connectivity index (χ4v) is 2.87. The molecule has 2 aromatic carbocycles. The first-order valence-corrected chi connectivity index (χ1v) is 9.58. The zero-order chi connectivity index (χ0) is 20.5. The fourth-order valence-electron chi connectivity index (χ4n) is 2.42. The largest absolute Gasteiger partial charge is 0.493 e. The number of hydrogen-bond acceptors (Lipinski definition) is 5. The first kappa shape index (κ1) is 21.8. The molecule has 2 aromatic rings. The van der Waals surface area contributed by atoms with Gasteiger partial charge in [-0.15, -0.1) is 0 Å². The minimum atomic E-state index is -0.454. The summed E-state index contributed by atoms with van der Waals surface area (Å²) in [6.45, 7) is 5.01. The number of benzene rings is 2. The van der Waals surface area contributed by atoms with Gasteiger partial charge in [0.05, 0.1) is 30.9 Å². The number of methoxy groups -OCH3 is 1. The number of anilines is 1. The van der Waals surface area contributed by atoms with Gasteiger partial charge in [0, 0.05) is 12.2 Å². The van der Waals surface area contributed by atoms with E-state index in [1.165, 1.54) is 0 Å². The Kier molecular flexibility index (Phi) is 8.35. The van der Waals surface area contributed by atoms with Gasteiger partial charge in [0.25, 0.3) is 0 Å². The Hall–Kier alpha value is -2.51. The molecule has 0 heterocycles. The smallest absolute Gasteiger partial charge is 0.339 e. The molecule has 150 valence electrons. The van der Waals surface area contributed by atoms with Gasteiger partial charge in [-0.1, -0.05) is 17.7 Å². The number of carbonyl (C=O) groups is 1. The molecule has 0 saturated heterocycles. The van der Waals surface area contributed by atoms with Crippen LogP contribution in [0, 0.1) is 0 Å². The van der Waals surface area contributed by atoms with Crippen LogP contribution in [0.4, 0.5) is 5.69 Å². The highest BCUT2D eigenvalue weighted by Gasteiger charge is 2.12. The first-order chi connectivity index (χ1) is 13.5. The van der Waals surface area contributed by atoms with Gasteiger partial charge in [0.15, 0.2) is 16.6 Å². The summed E-state index contributed by atoms with van der Waals surface area (Å²) in [5, 5.41) is 6.88. The van der Waals surface area contributed by atoms with Gasteiger partial charge in [-0.05, 0) is 62.0 Å². The number of esters is 1. The van der Waals surface area contributed by atoms with Crippen molar-refractivity contribution in [1.82, 2.24) is 5.32 Å². The SMILES string of the molecule is CCOC(=O)c1ccc(NC(=S)NCc2ccc(OC)c(OCC)c2)cc1Cl. The Labute approximate surface area is 175 Å². The van der Waals surface area contributed by atoms with Crippen LogP contribution >= 0.6 is 23.8 Å². The second kappa shape index (κ2) is 10.7. The van der Waals surface area contributed by atoms with Crippen LogP contribution in [0.15, 0.2) is 36.4 Å². The molecule has 0 bridgehead atoms. The molecular weight excluding hydrogens is 400 g/mol. The van der Waals surface area contributed by atoms with Crippen LogP contribution in [0.3, 0.4) is 0 Å². The Morgan fingerprint density at radius 2 is 1.89 bits per heavy atom. The second-order valence-electron chi connectivity index (χ2n) is 5.64. The number of thiocarbonyl (C=S) groups is 1. The number of carbonyl (C=O) groups excluding carboxylic acids is 1. The lowest BCUT2D eigenvalue weighted by molar-refractivity contribution is 0.0526. The molecule has 0 atom stereocenters. The zero-order valence-electron chi connectivity index (χ0n) is 16.0. The molecule has 28 heavy (non-hydrogen) atoms. The van der Waals surface area contributed by atoms with E-state index < -0.39 is 5.97 Å². The van der Waals surface area contributed by atoms with Gasteiger partial charge < -0.3 is 24.8 Å². The standard InChI is InChI=1S/C20H23ClN2O4S/c1-4-26-18-10-13(6-9-17(18)25-3)12-22-20(28)23-14-7-8-15(16(21)11-14)19(24)27-5-2/h6-11H,4-5,12H2,1-3H3,(H2,22,23,28). The van der Waals surface area contributed by atoms with Gasteiger partial charge in [-0.25, -0.2) is 4.79 Å². The fraction of sp³-hybridized carbons (Fsp3) is 0.300. The third kappa shape index (κ3) is 6.00. The lowest BCUT2D eigenvalue weighted by atomic mass is 10.2. The van der Waals surface area contributed by atoms with Crippen LogP contribution in [0.2, 0.25) is 5.02 Å². The van der Waals surface area contributed by atoms with Crippen molar-refractivity contribution in [3.8, 4) is 11.5 Å². The summed E-state index contributed by atoms with van der Waals surface area (Å²) in [7, 11) is 1.60. The molecule has 0 aliphatic carbocycles. The number of rotatable bonds is 8. The van der Waals surface area contributed by atoms with Crippen molar-refractivity contribution >= 4 is 40.6 Å². The molecule has 0 saturated carbocycles. The number of nitrogens with one attached hydrogen (secondary N) is 2. The Morgan fingerprint density at radius 3 is 2.54 bits per heavy atom. The summed E-state index contributed by atoms with van der Waals surface area (Å²) in [6.07, 6.45) is 0. The predicted octanol–water partition coefficient (Wildman–Crippen LogP) is 4.41. The van der Waals surface area contributed by atoms with Gasteiger partial charge in [-0.3, -0.25) is 0 Å². The van der Waals surface area contributed by atoms with Crippen molar-refractivity contribution in [3.63, 3.8) is 0 Å². The molecule has 2 rings (SSSR count). The highest BCUT2D eigenvalue weighted by atomic mass is 35.5. The Balaban J connectivity index is 1.96. The van der Waals surface area contributed by atoms with Crippen molar-refractivity contribution < 1.29 is 19.0 Å². The summed E-state index contributed by atoms with van der Waals surface area (Å²) in [5.41, 5.74) is 1.97. The van der Waals surface area contributed by atoms with Gasteiger partial charge in [0.2, 0.25) is 0 Å². The summed E-state index contributed by atoms with van der Waals surface area (Å²) in [5.74, 6) is 0.913. The van der Waals surface area contributed by atoms with Crippen LogP contribution in [-0.4, -0.2) is 31.4 Å². The number of halogens is 1. The van der Waals surface area contributed by atoms with Gasteiger partial charge in [0.1, 0.15) is 0 Å². The monoisotopic (exact) mass is 422 g/mol. The van der Waals surface area contributed by atoms with E-state index in [9.17, 15) is 4.79 Å². The molecule has 0 fully saturated rings. The van der Waals surface area contributed by atoms with Gasteiger partial charge in [-0.2, -0.15) is 0 Å². The molecule has 0 aromatic heterocycles. The molecule has 0 unspecified atom stereocenters. The second-order valence-corrected chi connectivity index (χ2v) is 6.46. The van der Waals surface area contributed by atoms with E-state index >= 15 is 0 Å². The molecule has 2 N–H and O–H groups in total. The van der Waals surface area contributed by atoms with E-state index in [0.29, 0.717) is 52.6 Å². The van der Waals surface area contributed by atoms with E-state index in [1.807, 2.05) is 25.1 Å². The van der Waals surface area contributed by atoms with Crippen molar-refractivity contribution in [1.29, 1.82) is 0 Å². The van der Waals surface area contributed by atoms with E-state index in [4.69, 9.17) is 38.0 Å². The predicted molar refractivity (Wildman–Crippen MR) is 115 cm³/mol. The third-order valence-electron chi connectivity index (χ3n) is 3.70. The van der Waals surface area contributed by atoms with Crippen molar-refractivity contribution in [2.24, 2.45) is 0 Å². The maximum absolute atomic E-state index is 11.8. The van der Waals surface area contributed by atoms with Crippen molar-refractivity contribution in [3.05, 3.63) is 52.5 Å². The Bertz CT molecular complexity index is 845. The van der Waals surface area contributed by atoms with E-state index in [1.54, 1.807) is 32.2 Å². The maximum Gasteiger partial charge on any atom is 0.339 e. The molecule has 0 radical (unpaired) electrons. The van der Waals surface area contributed by atoms with Crippen molar-refractivity contribution in [2.75, 3.05) is 25.6 Å². The van der Waals surface area contributed by atoms with Crippen molar-refractivity contribution in [2.45, 2.75) is 20.4 Å². The normalized spacial score (nSPS) is 10.1. The number of hydrogen-bond donors (Lipinski definition) is 2. The van der Waals surface area contributed by atoms with Crippen LogP contribution in [0.1, 0.15) is 29.8 Å².